The van der Waals surface area contributed by atoms with Gasteiger partial charge in [0.05, 0.1) is 6.61 Å². The summed E-state index contributed by atoms with van der Waals surface area (Å²) in [7, 11) is 1.76. The maximum atomic E-state index is 5.54. The van der Waals surface area contributed by atoms with Crippen LogP contribution in [-0.2, 0) is 9.47 Å². The fraction of sp³-hybridized carbons (Fsp3) is 0.900. The molecule has 2 aliphatic heterocycles. The molecular formula is C10H18N2O2S. The van der Waals surface area contributed by atoms with E-state index in [-0.39, 0.29) is 5.60 Å². The second-order valence-corrected chi connectivity index (χ2v) is 5.02. The maximum Gasteiger partial charge on any atom is 0.156 e. The number of hydrogen-bond donors (Lipinski definition) is 1. The van der Waals surface area contributed by atoms with Crippen molar-refractivity contribution in [1.29, 1.82) is 0 Å². The van der Waals surface area contributed by atoms with E-state index < -0.39 is 0 Å². The fourth-order valence-electron chi connectivity index (χ4n) is 1.76. The van der Waals surface area contributed by atoms with Crippen molar-refractivity contribution in [2.45, 2.75) is 18.4 Å². The van der Waals surface area contributed by atoms with Gasteiger partial charge in [-0.15, -0.1) is 0 Å². The summed E-state index contributed by atoms with van der Waals surface area (Å²) in [5, 5.41) is 4.42. The van der Waals surface area contributed by atoms with E-state index in [4.69, 9.17) is 9.47 Å². The lowest BCUT2D eigenvalue weighted by molar-refractivity contribution is -0.0125. The van der Waals surface area contributed by atoms with Crippen molar-refractivity contribution >= 4 is 16.9 Å². The molecule has 0 aliphatic carbocycles. The maximum absolute atomic E-state index is 5.54. The average molecular weight is 230 g/mol. The van der Waals surface area contributed by atoms with Gasteiger partial charge >= 0.3 is 0 Å². The molecule has 0 aromatic rings. The van der Waals surface area contributed by atoms with Gasteiger partial charge in [0.1, 0.15) is 5.60 Å². The summed E-state index contributed by atoms with van der Waals surface area (Å²) >= 11 is 1.80. The van der Waals surface area contributed by atoms with E-state index in [2.05, 4.69) is 10.3 Å². The predicted molar refractivity (Wildman–Crippen MR) is 62.6 cm³/mol. The Morgan fingerprint density at radius 3 is 3.20 bits per heavy atom. The third-order valence-corrected chi connectivity index (χ3v) is 3.90. The van der Waals surface area contributed by atoms with Gasteiger partial charge in [-0.25, -0.2) is 0 Å². The standard InChI is InChI=1S/C10H18N2O2S/c1-13-10(3-5-14-8-10)7-12-9-11-4-2-6-15-9/h2-8H2,1H3,(H,11,12). The van der Waals surface area contributed by atoms with Gasteiger partial charge in [0.25, 0.3) is 0 Å². The van der Waals surface area contributed by atoms with Gasteiger partial charge < -0.3 is 14.8 Å². The molecule has 0 amide bonds. The monoisotopic (exact) mass is 230 g/mol. The lowest BCUT2D eigenvalue weighted by Gasteiger charge is -2.27. The van der Waals surface area contributed by atoms with Gasteiger partial charge in [0.15, 0.2) is 5.17 Å². The Labute approximate surface area is 94.8 Å². The quantitative estimate of drug-likeness (QED) is 0.781. The van der Waals surface area contributed by atoms with Gasteiger partial charge in [-0.2, -0.15) is 0 Å². The minimum Gasteiger partial charge on any atom is -0.378 e. The SMILES string of the molecule is COC1(CNC2=NCCCS2)CCOC1. The smallest absolute Gasteiger partial charge is 0.156 e. The highest BCUT2D eigenvalue weighted by Crippen LogP contribution is 2.22. The first-order valence-electron chi connectivity index (χ1n) is 5.39. The Balaban J connectivity index is 1.82. The Kier molecular flexibility index (Phi) is 3.88. The number of rotatable bonds is 3. The van der Waals surface area contributed by atoms with Crippen molar-refractivity contribution in [2.75, 3.05) is 39.2 Å². The van der Waals surface area contributed by atoms with Crippen LogP contribution in [0.3, 0.4) is 0 Å². The molecular weight excluding hydrogens is 212 g/mol. The number of ether oxygens (including phenoxy) is 2. The molecule has 0 aromatic heterocycles. The minimum atomic E-state index is -0.138. The molecule has 0 saturated carbocycles. The predicted octanol–water partition coefficient (Wildman–Crippen LogP) is 0.874. The van der Waals surface area contributed by atoms with Crippen LogP contribution in [0.1, 0.15) is 12.8 Å². The molecule has 4 nitrogen and oxygen atoms in total. The van der Waals surface area contributed by atoms with Gasteiger partial charge in [-0.3, -0.25) is 4.99 Å². The first-order valence-corrected chi connectivity index (χ1v) is 6.37. The molecule has 0 spiro atoms. The first-order chi connectivity index (χ1) is 7.35. The first kappa shape index (κ1) is 11.2. The highest BCUT2D eigenvalue weighted by molar-refractivity contribution is 8.13. The molecule has 2 heterocycles. The molecule has 1 saturated heterocycles. The largest absolute Gasteiger partial charge is 0.378 e. The molecule has 2 aliphatic rings. The molecule has 15 heavy (non-hydrogen) atoms. The highest BCUT2D eigenvalue weighted by Gasteiger charge is 2.35. The van der Waals surface area contributed by atoms with Crippen LogP contribution in [0.5, 0.6) is 0 Å². The van der Waals surface area contributed by atoms with Crippen LogP contribution in [0, 0.1) is 0 Å². The van der Waals surface area contributed by atoms with Crippen molar-refractivity contribution < 1.29 is 9.47 Å². The van der Waals surface area contributed by atoms with Crippen LogP contribution in [0.4, 0.5) is 0 Å². The molecule has 0 bridgehead atoms. The molecule has 1 fully saturated rings. The Morgan fingerprint density at radius 1 is 1.67 bits per heavy atom. The minimum absolute atomic E-state index is 0.138. The molecule has 2 rings (SSSR count). The number of amidine groups is 1. The van der Waals surface area contributed by atoms with Crippen molar-refractivity contribution in [1.82, 2.24) is 5.32 Å². The molecule has 1 atom stereocenters. The summed E-state index contributed by atoms with van der Waals surface area (Å²) in [6, 6.07) is 0. The van der Waals surface area contributed by atoms with E-state index >= 15 is 0 Å². The average Bonchev–Trinajstić information content (AvgIpc) is 2.77. The van der Waals surface area contributed by atoms with Crippen molar-refractivity contribution in [2.24, 2.45) is 4.99 Å². The summed E-state index contributed by atoms with van der Waals surface area (Å²) in [5.74, 6) is 1.17. The van der Waals surface area contributed by atoms with E-state index in [1.54, 1.807) is 18.9 Å². The lowest BCUT2D eigenvalue weighted by atomic mass is 10.0. The highest BCUT2D eigenvalue weighted by atomic mass is 32.2. The molecule has 86 valence electrons. The number of thioether (sulfide) groups is 1. The summed E-state index contributed by atoms with van der Waals surface area (Å²) in [5.41, 5.74) is -0.138. The van der Waals surface area contributed by atoms with E-state index in [1.165, 1.54) is 12.2 Å². The second-order valence-electron chi connectivity index (χ2n) is 3.93. The van der Waals surface area contributed by atoms with Crippen molar-refractivity contribution in [3.8, 4) is 0 Å². The Morgan fingerprint density at radius 2 is 2.60 bits per heavy atom. The summed E-state index contributed by atoms with van der Waals surface area (Å²) < 4.78 is 10.9. The molecule has 0 aromatic carbocycles. The zero-order chi connectivity index (χ0) is 10.6. The van der Waals surface area contributed by atoms with Crippen LogP contribution in [0.2, 0.25) is 0 Å². The summed E-state index contributed by atoms with van der Waals surface area (Å²) in [6.45, 7) is 3.24. The number of nitrogens with zero attached hydrogens (tertiary/aromatic N) is 1. The zero-order valence-electron chi connectivity index (χ0n) is 9.12. The lowest BCUT2D eigenvalue weighted by Crippen LogP contribution is -2.44. The van der Waals surface area contributed by atoms with Crippen LogP contribution in [0.25, 0.3) is 0 Å². The second kappa shape index (κ2) is 5.18. The molecule has 0 radical (unpaired) electrons. The Hall–Kier alpha value is -0.260. The van der Waals surface area contributed by atoms with Gasteiger partial charge in [0.2, 0.25) is 0 Å². The number of aliphatic imine (C=N–C) groups is 1. The van der Waals surface area contributed by atoms with E-state index in [1.807, 2.05) is 0 Å². The Bertz CT molecular complexity index is 240. The normalized spacial score (nSPS) is 31.4. The third kappa shape index (κ3) is 2.86. The van der Waals surface area contributed by atoms with E-state index in [0.717, 1.165) is 31.3 Å². The van der Waals surface area contributed by atoms with E-state index in [9.17, 15) is 0 Å². The summed E-state index contributed by atoms with van der Waals surface area (Å²) in [6.07, 6.45) is 2.16. The number of nitrogens with one attached hydrogen (secondary N) is 1. The zero-order valence-corrected chi connectivity index (χ0v) is 9.94. The van der Waals surface area contributed by atoms with Gasteiger partial charge in [-0.05, 0) is 6.42 Å². The number of methoxy groups -OCH3 is 1. The molecule has 1 unspecified atom stereocenters. The van der Waals surface area contributed by atoms with Crippen LogP contribution >= 0.6 is 11.8 Å². The van der Waals surface area contributed by atoms with Crippen molar-refractivity contribution in [3.63, 3.8) is 0 Å². The van der Waals surface area contributed by atoms with Crippen molar-refractivity contribution in [3.05, 3.63) is 0 Å². The van der Waals surface area contributed by atoms with E-state index in [0.29, 0.717) is 6.61 Å². The van der Waals surface area contributed by atoms with Crippen LogP contribution in [-0.4, -0.2) is 49.9 Å². The summed E-state index contributed by atoms with van der Waals surface area (Å²) in [4.78, 5) is 4.43. The fourth-order valence-corrected chi connectivity index (χ4v) is 2.59. The van der Waals surface area contributed by atoms with Crippen LogP contribution < -0.4 is 5.32 Å². The number of hydrogen-bond acceptors (Lipinski definition) is 5. The topological polar surface area (TPSA) is 42.8 Å². The van der Waals surface area contributed by atoms with Gasteiger partial charge in [0, 0.05) is 39.0 Å². The third-order valence-electron chi connectivity index (χ3n) is 2.86. The van der Waals surface area contributed by atoms with Crippen LogP contribution in [0.15, 0.2) is 4.99 Å². The molecule has 5 heteroatoms. The molecule has 1 N–H and O–H groups in total. The van der Waals surface area contributed by atoms with Gasteiger partial charge in [-0.1, -0.05) is 11.8 Å².